The molecule has 4 saturated heterocycles. The molecule has 0 aromatic heterocycles. The van der Waals surface area contributed by atoms with Gasteiger partial charge in [0.05, 0.1) is 62.7 Å². The summed E-state index contributed by atoms with van der Waals surface area (Å²) in [6.45, 7) is 3.68. The standard InChI is InChI=1S/C64H56N2O14.9CH4/c1-6-50(41-16-28-47(29-17-41)77-51(67)34-13-38-7-22-44(74-3)23-8-38)55-56(54-37(2)61(70)65(62(54)71)42-18-30-48(31-19-42)78-52(68)35-14-39-9-24-45(75-4)25-10-39)60-58-57(59(55)80-60)63(72)66(64(58)73)43-20-32-49(33-21-43)79-53(69)36-15-40-11-26-46(76-5)27-12-40;;;;;;;;;/h7-37,50,54-60H,6H2,1-5H3;9*1H4/b34-13+,35-14+,36-15+;;;;;;;;;. The molecule has 4 aliphatic heterocycles. The molecule has 4 aliphatic rings. The van der Waals surface area contributed by atoms with E-state index in [0.29, 0.717) is 29.4 Å². The van der Waals surface area contributed by atoms with Crippen LogP contribution in [0.25, 0.3) is 18.2 Å². The van der Waals surface area contributed by atoms with Crippen LogP contribution in [-0.4, -0.2) is 75.1 Å². The number of methoxy groups -OCH3 is 3. The van der Waals surface area contributed by atoms with Gasteiger partial charge in [-0.2, -0.15) is 0 Å². The summed E-state index contributed by atoms with van der Waals surface area (Å²) in [5.41, 5.74) is 3.63. The van der Waals surface area contributed by atoms with Gasteiger partial charge in [0.25, 0.3) is 0 Å². The van der Waals surface area contributed by atoms with Crippen LogP contribution in [0.2, 0.25) is 0 Å². The van der Waals surface area contributed by atoms with Gasteiger partial charge < -0.3 is 33.2 Å². The van der Waals surface area contributed by atoms with Gasteiger partial charge in [0.1, 0.15) is 34.5 Å². The number of carbonyl (C=O) groups excluding carboxylic acids is 7. The van der Waals surface area contributed by atoms with Gasteiger partial charge in [0.15, 0.2) is 0 Å². The highest BCUT2D eigenvalue weighted by atomic mass is 16.5. The van der Waals surface area contributed by atoms with Gasteiger partial charge >= 0.3 is 17.9 Å². The summed E-state index contributed by atoms with van der Waals surface area (Å²) in [5.74, 6) is -6.45. The molecule has 2 bridgehead atoms. The normalized spacial score (nSPS) is 20.3. The van der Waals surface area contributed by atoms with Crippen molar-refractivity contribution < 1.29 is 66.7 Å². The van der Waals surface area contributed by atoms with Gasteiger partial charge in [-0.05, 0) is 156 Å². The molecule has 0 spiro atoms. The Morgan fingerprint density at radius 1 is 0.427 bits per heavy atom. The van der Waals surface area contributed by atoms with E-state index in [0.717, 1.165) is 32.1 Å². The fraction of sp³-hybridized carbons (Fsp3) is 0.329. The lowest BCUT2D eigenvalue weighted by Crippen LogP contribution is -2.48. The Morgan fingerprint density at radius 3 is 1.07 bits per heavy atom. The van der Waals surface area contributed by atoms with E-state index < -0.39 is 89.3 Å². The van der Waals surface area contributed by atoms with E-state index in [1.807, 2.05) is 31.2 Å². The maximum absolute atomic E-state index is 15.1. The number of ether oxygens (including phenoxy) is 7. The first-order valence-electron chi connectivity index (χ1n) is 26.1. The van der Waals surface area contributed by atoms with Crippen LogP contribution < -0.4 is 38.2 Å². The number of nitrogens with zero attached hydrogens (tertiary/aromatic N) is 2. The second-order valence-corrected chi connectivity index (χ2v) is 19.8. The number of carbonyl (C=O) groups is 7. The van der Waals surface area contributed by atoms with Crippen LogP contribution in [0.1, 0.15) is 115 Å². The molecule has 4 amide bonds. The molecule has 0 saturated carbocycles. The Bertz CT molecular complexity index is 3410. The highest BCUT2D eigenvalue weighted by Gasteiger charge is 2.72. The average Bonchev–Trinajstić information content (AvgIpc) is 1.53. The van der Waals surface area contributed by atoms with Crippen molar-refractivity contribution in [3.63, 3.8) is 0 Å². The van der Waals surface area contributed by atoms with Crippen molar-refractivity contribution in [3.8, 4) is 34.5 Å². The van der Waals surface area contributed by atoms with Crippen molar-refractivity contribution in [2.24, 2.45) is 35.5 Å². The van der Waals surface area contributed by atoms with Gasteiger partial charge in [-0.15, -0.1) is 0 Å². The molecule has 6 aromatic carbocycles. The first kappa shape index (κ1) is 77.6. The summed E-state index contributed by atoms with van der Waals surface area (Å²) in [5, 5.41) is 0. The molecule has 0 N–H and O–H groups in total. The monoisotopic (exact) mass is 1220 g/mol. The summed E-state index contributed by atoms with van der Waals surface area (Å²) >= 11 is 0. The van der Waals surface area contributed by atoms with Crippen molar-refractivity contribution in [2.45, 2.75) is 105 Å². The van der Waals surface area contributed by atoms with Gasteiger partial charge in [-0.25, -0.2) is 19.3 Å². The molecule has 0 aliphatic carbocycles. The lowest BCUT2D eigenvalue weighted by molar-refractivity contribution is -0.129. The minimum absolute atomic E-state index is 0. The quantitative estimate of drug-likeness (QED) is 0.0342. The van der Waals surface area contributed by atoms with Crippen molar-refractivity contribution in [2.75, 3.05) is 31.1 Å². The molecule has 478 valence electrons. The SMILES string of the molecule is C.C.C.C.C.C.C.C.C.CCC(c1ccc(OC(=O)/C=C/c2ccc(OC)cc2)cc1)C1C2OC(C3C(=O)N(c4ccc(OC(=O)/C=C/c5ccc(OC)cc5)cc4)C(=O)C23)C1C1C(=O)N(c2ccc(OC(=O)/C=C/c3ccc(OC)cc3)cc2)C(=O)C1C. The fourth-order valence-corrected chi connectivity index (χ4v) is 11.6. The van der Waals surface area contributed by atoms with E-state index >= 15 is 4.79 Å². The zero-order chi connectivity index (χ0) is 56.2. The third kappa shape index (κ3) is 16.0. The van der Waals surface area contributed by atoms with Crippen molar-refractivity contribution >= 4 is 71.1 Å². The minimum Gasteiger partial charge on any atom is -0.497 e. The van der Waals surface area contributed by atoms with Crippen molar-refractivity contribution in [1.29, 1.82) is 0 Å². The third-order valence-corrected chi connectivity index (χ3v) is 15.3. The van der Waals surface area contributed by atoms with Gasteiger partial charge in [-0.1, -0.05) is 129 Å². The molecule has 6 aromatic rings. The molecule has 16 nitrogen and oxygen atoms in total. The fourth-order valence-electron chi connectivity index (χ4n) is 11.6. The van der Waals surface area contributed by atoms with Gasteiger partial charge in [0.2, 0.25) is 23.6 Å². The molecular weight excluding hydrogens is 1130 g/mol. The zero-order valence-electron chi connectivity index (χ0n) is 44.3. The molecular formula is C73H92N2O14. The molecule has 9 atom stereocenters. The lowest BCUT2D eigenvalue weighted by Gasteiger charge is -2.40. The topological polar surface area (TPSA) is 191 Å². The molecule has 89 heavy (non-hydrogen) atoms. The highest BCUT2D eigenvalue weighted by Crippen LogP contribution is 2.62. The Kier molecular flexibility index (Phi) is 29.3. The van der Waals surface area contributed by atoms with E-state index in [4.69, 9.17) is 33.2 Å². The minimum atomic E-state index is -0.975. The Hall–Kier alpha value is -9.41. The molecule has 0 radical (unpaired) electrons. The van der Waals surface area contributed by atoms with E-state index in [9.17, 15) is 28.8 Å². The first-order valence-corrected chi connectivity index (χ1v) is 26.1. The number of fused-ring (bicyclic) bond motifs is 5. The number of benzene rings is 6. The molecule has 4 heterocycles. The third-order valence-electron chi connectivity index (χ3n) is 15.3. The summed E-state index contributed by atoms with van der Waals surface area (Å²) in [6, 6.07) is 40.6. The molecule has 9 unspecified atom stereocenters. The predicted molar refractivity (Wildman–Crippen MR) is 356 cm³/mol. The predicted octanol–water partition coefficient (Wildman–Crippen LogP) is 15.4. The van der Waals surface area contributed by atoms with E-state index in [-0.39, 0.29) is 95.6 Å². The molecule has 10 rings (SSSR count). The number of hydrogen-bond acceptors (Lipinski definition) is 14. The summed E-state index contributed by atoms with van der Waals surface area (Å²) < 4.78 is 39.2. The number of hydrogen-bond donors (Lipinski definition) is 0. The van der Waals surface area contributed by atoms with Gasteiger partial charge in [-0.3, -0.25) is 24.1 Å². The van der Waals surface area contributed by atoms with Crippen LogP contribution in [0.3, 0.4) is 0 Å². The van der Waals surface area contributed by atoms with Gasteiger partial charge in [0, 0.05) is 30.1 Å². The second kappa shape index (κ2) is 33.6. The Labute approximate surface area is 528 Å². The number of anilines is 2. The van der Waals surface area contributed by atoms with Crippen LogP contribution in [0, 0.1) is 35.5 Å². The summed E-state index contributed by atoms with van der Waals surface area (Å²) in [7, 11) is 4.70. The summed E-state index contributed by atoms with van der Waals surface area (Å²) in [4.78, 5) is 99.9. The number of amides is 4. The maximum atomic E-state index is 15.1. The van der Waals surface area contributed by atoms with Crippen LogP contribution in [0.5, 0.6) is 34.5 Å². The number of imide groups is 2. The summed E-state index contributed by atoms with van der Waals surface area (Å²) in [6.07, 6.45) is 7.47. The Morgan fingerprint density at radius 2 is 0.730 bits per heavy atom. The van der Waals surface area contributed by atoms with Crippen LogP contribution in [0.15, 0.2) is 164 Å². The second-order valence-electron chi connectivity index (χ2n) is 19.8. The lowest BCUT2D eigenvalue weighted by atomic mass is 9.58. The van der Waals surface area contributed by atoms with E-state index in [1.54, 1.807) is 119 Å². The van der Waals surface area contributed by atoms with Crippen LogP contribution in [-0.2, 0) is 38.3 Å². The van der Waals surface area contributed by atoms with E-state index in [1.165, 1.54) is 66.8 Å². The van der Waals surface area contributed by atoms with E-state index in [2.05, 4.69) is 0 Å². The molecule has 16 heteroatoms. The molecule has 4 fully saturated rings. The highest BCUT2D eigenvalue weighted by molar-refractivity contribution is 6.24. The number of esters is 3. The average molecular weight is 1220 g/mol. The largest absolute Gasteiger partial charge is 0.497 e. The first-order chi connectivity index (χ1) is 38.8. The smallest absolute Gasteiger partial charge is 0.336 e. The Balaban J connectivity index is 0.00000440. The van der Waals surface area contributed by atoms with Crippen molar-refractivity contribution in [3.05, 3.63) is 186 Å². The van der Waals surface area contributed by atoms with Crippen LogP contribution >= 0.6 is 0 Å². The number of rotatable bonds is 18. The zero-order valence-corrected chi connectivity index (χ0v) is 44.3. The van der Waals surface area contributed by atoms with Crippen molar-refractivity contribution in [1.82, 2.24) is 0 Å². The maximum Gasteiger partial charge on any atom is 0.336 e. The van der Waals surface area contributed by atoms with Crippen LogP contribution in [0.4, 0.5) is 11.4 Å².